The number of piperidine rings is 1. The maximum atomic E-state index is 14.2. The van der Waals surface area contributed by atoms with Crippen LogP contribution in [0, 0.1) is 16.2 Å². The minimum absolute atomic E-state index is 0.0279. The van der Waals surface area contributed by atoms with Gasteiger partial charge in [0.25, 0.3) is 15.9 Å². The van der Waals surface area contributed by atoms with Crippen LogP contribution in [0.15, 0.2) is 101 Å². The number of hydrogen-bond donors (Lipinski definition) is 2. The van der Waals surface area contributed by atoms with E-state index < -0.39 is 26.0 Å². The van der Waals surface area contributed by atoms with Crippen LogP contribution in [0.25, 0.3) is 33.3 Å². The lowest BCUT2D eigenvalue weighted by Crippen LogP contribution is -2.47. The molecule has 5 heterocycles. The number of pyridine rings is 1. The van der Waals surface area contributed by atoms with Crippen molar-refractivity contribution in [1.82, 2.24) is 33.7 Å². The number of aromatic nitrogens is 4. The van der Waals surface area contributed by atoms with Crippen molar-refractivity contribution >= 4 is 76.6 Å². The molecule has 2 N–H and O–H groups in total. The van der Waals surface area contributed by atoms with Crippen molar-refractivity contribution in [3.05, 3.63) is 112 Å². The summed E-state index contributed by atoms with van der Waals surface area (Å²) in [5.41, 5.74) is 7.27. The lowest BCUT2D eigenvalue weighted by atomic mass is 9.72. The number of hydrogen-bond acceptors (Lipinski definition) is 12. The second kappa shape index (κ2) is 18.2. The second-order valence-electron chi connectivity index (χ2n) is 18.3. The molecular formula is C47H52ClN9O7S2. The Bertz CT molecular complexity index is 3080. The molecule has 19 heteroatoms. The van der Waals surface area contributed by atoms with Crippen LogP contribution >= 0.6 is 11.6 Å². The van der Waals surface area contributed by atoms with Crippen molar-refractivity contribution < 1.29 is 26.4 Å². The van der Waals surface area contributed by atoms with Gasteiger partial charge in [0.15, 0.2) is 11.3 Å². The number of halogens is 1. The summed E-state index contributed by atoms with van der Waals surface area (Å²) in [7, 11) is -7.81. The van der Waals surface area contributed by atoms with Gasteiger partial charge in [-0.25, -0.2) is 35.8 Å². The van der Waals surface area contributed by atoms with E-state index in [-0.39, 0.29) is 39.8 Å². The van der Waals surface area contributed by atoms with Gasteiger partial charge in [-0.05, 0) is 120 Å². The Morgan fingerprint density at radius 1 is 0.955 bits per heavy atom. The summed E-state index contributed by atoms with van der Waals surface area (Å²) in [4.78, 5) is 39.6. The van der Waals surface area contributed by atoms with Crippen LogP contribution in [-0.2, 0) is 20.0 Å². The largest absolute Gasteiger partial charge is 0.491 e. The first-order valence-corrected chi connectivity index (χ1v) is 25.8. The quantitative estimate of drug-likeness (QED) is 0.107. The zero-order chi connectivity index (χ0) is 46.4. The molecule has 0 atom stereocenters. The number of carbonyl (C=O) groups is 1. The Hall–Kier alpha value is -5.66. The third-order valence-electron chi connectivity index (χ3n) is 13.1. The molecule has 2 aliphatic heterocycles. The highest BCUT2D eigenvalue weighted by Crippen LogP contribution is 2.43. The van der Waals surface area contributed by atoms with Crippen LogP contribution in [-0.4, -0.2) is 110 Å². The van der Waals surface area contributed by atoms with E-state index in [4.69, 9.17) is 16.3 Å². The molecule has 9 rings (SSSR count). The molecule has 2 fully saturated rings. The SMILES string of the molecule is CC1(C)CCC(CN2CCN(c3ccc(C(=O)NS(=O)(=O)c4ccc(OCC5CCN(S(C)(=O)=O)CC5)c(N=O)c4)c(-n4[nH]cc5nc6nccc6cc54)c3)CC2)=C(c2ccc(Cl)cc2)C1. The highest BCUT2D eigenvalue weighted by molar-refractivity contribution is 7.90. The zero-order valence-electron chi connectivity index (χ0n) is 37.0. The fourth-order valence-electron chi connectivity index (χ4n) is 9.32. The number of nitroso groups, excluding NO2 is 1. The van der Waals surface area contributed by atoms with E-state index in [1.54, 1.807) is 23.1 Å². The zero-order valence-corrected chi connectivity index (χ0v) is 39.4. The molecular weight excluding hydrogens is 902 g/mol. The van der Waals surface area contributed by atoms with Crippen molar-refractivity contribution in [3.8, 4) is 11.4 Å². The van der Waals surface area contributed by atoms with Crippen molar-refractivity contribution in [3.63, 3.8) is 0 Å². The number of sulfonamides is 2. The summed E-state index contributed by atoms with van der Waals surface area (Å²) >= 11 is 6.26. The molecule has 66 heavy (non-hydrogen) atoms. The summed E-state index contributed by atoms with van der Waals surface area (Å²) in [6, 6.07) is 20.9. The van der Waals surface area contributed by atoms with E-state index >= 15 is 0 Å². The Balaban J connectivity index is 0.944. The minimum atomic E-state index is -4.52. The summed E-state index contributed by atoms with van der Waals surface area (Å²) in [6.07, 6.45) is 8.90. The first-order chi connectivity index (χ1) is 31.5. The Morgan fingerprint density at radius 2 is 1.71 bits per heavy atom. The Labute approximate surface area is 389 Å². The van der Waals surface area contributed by atoms with Crippen LogP contribution in [0.2, 0.25) is 5.02 Å². The van der Waals surface area contributed by atoms with Gasteiger partial charge in [0, 0.05) is 74.3 Å². The number of anilines is 1. The number of benzene rings is 3. The summed E-state index contributed by atoms with van der Waals surface area (Å²) in [6.45, 7) is 9.60. The normalized spacial score (nSPS) is 18.0. The van der Waals surface area contributed by atoms with Crippen molar-refractivity contribution in [2.75, 3.05) is 63.6 Å². The molecule has 0 spiro atoms. The van der Waals surface area contributed by atoms with Crippen LogP contribution in [0.3, 0.4) is 0 Å². The number of amides is 1. The molecule has 1 aliphatic carbocycles. The number of rotatable bonds is 13. The monoisotopic (exact) mass is 953 g/mol. The number of nitrogens with zero attached hydrogens (tertiary/aromatic N) is 7. The fourth-order valence-corrected chi connectivity index (χ4v) is 11.3. The van der Waals surface area contributed by atoms with Crippen molar-refractivity contribution in [2.24, 2.45) is 16.5 Å². The molecule has 0 bridgehead atoms. The first-order valence-electron chi connectivity index (χ1n) is 22.1. The third-order valence-corrected chi connectivity index (χ3v) is 16.0. The molecule has 1 amide bonds. The molecule has 346 valence electrons. The van der Waals surface area contributed by atoms with E-state index in [0.29, 0.717) is 48.3 Å². The van der Waals surface area contributed by atoms with Gasteiger partial charge in [0.05, 0.1) is 34.5 Å². The molecule has 3 aromatic carbocycles. The van der Waals surface area contributed by atoms with Crippen LogP contribution < -0.4 is 14.4 Å². The molecule has 16 nitrogen and oxygen atoms in total. The van der Waals surface area contributed by atoms with Gasteiger partial charge in [-0.15, -0.1) is 4.91 Å². The first kappa shape index (κ1) is 45.5. The number of carbonyl (C=O) groups excluding carboxylic acids is 1. The number of nitrogens with one attached hydrogen (secondary N) is 2. The lowest BCUT2D eigenvalue weighted by Gasteiger charge is -2.39. The lowest BCUT2D eigenvalue weighted by molar-refractivity contribution is 0.0981. The second-order valence-corrected chi connectivity index (χ2v) is 22.4. The highest BCUT2D eigenvalue weighted by atomic mass is 35.5. The number of fused-ring (bicyclic) bond motifs is 2. The third kappa shape index (κ3) is 9.74. The molecule has 6 aromatic rings. The molecule has 0 unspecified atom stereocenters. The maximum absolute atomic E-state index is 14.2. The predicted molar refractivity (Wildman–Crippen MR) is 257 cm³/mol. The van der Waals surface area contributed by atoms with Gasteiger partial charge < -0.3 is 9.64 Å². The minimum Gasteiger partial charge on any atom is -0.491 e. The van der Waals surface area contributed by atoms with E-state index in [9.17, 15) is 26.5 Å². The Kier molecular flexibility index (Phi) is 12.5. The van der Waals surface area contributed by atoms with Crippen LogP contribution in [0.5, 0.6) is 5.75 Å². The number of piperazine rings is 1. The molecule has 3 aromatic heterocycles. The number of aromatic amines is 1. The van der Waals surface area contributed by atoms with Gasteiger partial charge in [-0.2, -0.15) is 0 Å². The number of ether oxygens (including phenoxy) is 1. The highest BCUT2D eigenvalue weighted by Gasteiger charge is 2.31. The standard InChI is InChI=1S/C47H52ClN9O7S2/c1-47(2)16-12-34(39(27-47)32-4-6-35(48)7-5-32)29-54-20-22-55(23-21-54)36-8-10-38(42(25-36)57-43-24-33-13-17-49-45(33)51-41(43)28-50-57)46(58)53-66(62,63)37-9-11-44(40(26-37)52-59)64-30-31-14-18-56(19-15-31)65(3,60)61/h4-11,13,17,24-26,28,31,50H,12,14-16,18-23,27,29-30H2,1-3H3,(H,53,58). The molecule has 0 saturated carbocycles. The Morgan fingerprint density at radius 3 is 2.44 bits per heavy atom. The number of allylic oxidation sites excluding steroid dienone is 1. The molecule has 2 saturated heterocycles. The van der Waals surface area contributed by atoms with Gasteiger partial charge in [-0.1, -0.05) is 43.2 Å². The smallest absolute Gasteiger partial charge is 0.267 e. The number of H-pyrrole nitrogens is 1. The average Bonchev–Trinajstić information content (AvgIpc) is 3.94. The predicted octanol–water partition coefficient (Wildman–Crippen LogP) is 7.91. The van der Waals surface area contributed by atoms with Crippen LogP contribution in [0.4, 0.5) is 11.4 Å². The van der Waals surface area contributed by atoms with Crippen molar-refractivity contribution in [1.29, 1.82) is 0 Å². The maximum Gasteiger partial charge on any atom is 0.267 e. The van der Waals surface area contributed by atoms with Crippen LogP contribution in [0.1, 0.15) is 61.9 Å². The average molecular weight is 955 g/mol. The van der Waals surface area contributed by atoms with E-state index in [0.717, 1.165) is 74.1 Å². The van der Waals surface area contributed by atoms with Gasteiger partial charge in [0.1, 0.15) is 11.3 Å². The fraction of sp³-hybridized carbons (Fsp3) is 0.383. The van der Waals surface area contributed by atoms with Gasteiger partial charge in [0.2, 0.25) is 10.0 Å². The summed E-state index contributed by atoms with van der Waals surface area (Å²) in [5, 5.41) is 7.78. The summed E-state index contributed by atoms with van der Waals surface area (Å²) in [5.74, 6) is -0.780. The molecule has 0 radical (unpaired) electrons. The van der Waals surface area contributed by atoms with Gasteiger partial charge in [-0.3, -0.25) is 19.5 Å². The van der Waals surface area contributed by atoms with E-state index in [2.05, 4.69) is 60.7 Å². The van der Waals surface area contributed by atoms with Gasteiger partial charge >= 0.3 is 0 Å². The van der Waals surface area contributed by atoms with E-state index in [1.807, 2.05) is 36.4 Å². The topological polar surface area (TPSA) is 192 Å². The van der Waals surface area contributed by atoms with Crippen molar-refractivity contribution in [2.45, 2.75) is 50.8 Å². The van der Waals surface area contributed by atoms with E-state index in [1.165, 1.54) is 39.4 Å². The summed E-state index contributed by atoms with van der Waals surface area (Å²) < 4.78 is 62.8. The molecule has 3 aliphatic rings.